The van der Waals surface area contributed by atoms with Crippen LogP contribution in [-0.4, -0.2) is 70.7 Å². The van der Waals surface area contributed by atoms with Crippen LogP contribution in [0, 0.1) is 34.0 Å². The maximum Gasteiger partial charge on any atom is 0.339 e. The summed E-state index contributed by atoms with van der Waals surface area (Å²) >= 11 is 0. The largest absolute Gasteiger partial charge is 0.469 e. The number of fused-ring (bicyclic) bond motifs is 1. The zero-order chi connectivity index (χ0) is 33.7. The summed E-state index contributed by atoms with van der Waals surface area (Å²) in [6.45, 7) is 6.23. The second kappa shape index (κ2) is 11.4. The molecular weight excluding hydrogens is 616 g/mol. The van der Waals surface area contributed by atoms with Crippen LogP contribution in [0.2, 0.25) is 0 Å². The van der Waals surface area contributed by atoms with Crippen LogP contribution in [0.4, 0.5) is 0 Å². The molecule has 10 atom stereocenters. The molecule has 0 amide bonds. The highest BCUT2D eigenvalue weighted by Crippen LogP contribution is 2.82. The minimum atomic E-state index is -1.36. The molecule has 264 valence electrons. The fourth-order valence-corrected chi connectivity index (χ4v) is 12.7. The molecule has 48 heavy (non-hydrogen) atoms. The molecule has 7 fully saturated rings. The average Bonchev–Trinajstić information content (AvgIpc) is 3.59. The van der Waals surface area contributed by atoms with E-state index >= 15 is 0 Å². The first-order valence-electron chi connectivity index (χ1n) is 18.6. The number of Topliss-reactive ketones (excluding diaryl/α,β-unsaturated/α-hetero) is 1. The van der Waals surface area contributed by atoms with Gasteiger partial charge in [0.1, 0.15) is 30.2 Å². The third-order valence-electron chi connectivity index (χ3n) is 14.3. The maximum atomic E-state index is 15.0. The molecule has 3 saturated carbocycles. The number of esters is 2. The standard InChI is InChI=1S/C38H52O10/c1-34(2)29-28(41)30(42)37(22-12-8-7-9-13-22)25(36(29)21-45-27(40)20-26(36)47-34)15-17-35(3)31(46-33(43)32-38(35,37)48-32)23-16-19-44-24(23)14-10-5-4-6-11-18-39/h16,19,22,25-26,29-32,39,42H,4-15,17-18,20-21H2,1-3H3/t25?,26-,29+,30+,31-,32+,35-,36-,37-,38-/m0/s1. The number of hydrogen-bond donors (Lipinski definition) is 2. The van der Waals surface area contributed by atoms with E-state index in [1.54, 1.807) is 6.26 Å². The molecule has 0 aromatic carbocycles. The van der Waals surface area contributed by atoms with Gasteiger partial charge in [0.2, 0.25) is 0 Å². The quantitative estimate of drug-likeness (QED) is 0.206. The van der Waals surface area contributed by atoms with Gasteiger partial charge < -0.3 is 33.6 Å². The van der Waals surface area contributed by atoms with Gasteiger partial charge in [0.05, 0.1) is 30.3 Å². The van der Waals surface area contributed by atoms with E-state index in [0.717, 1.165) is 75.5 Å². The molecule has 4 saturated heterocycles. The molecule has 1 aromatic heterocycles. The van der Waals surface area contributed by atoms with Crippen molar-refractivity contribution >= 4 is 17.7 Å². The SMILES string of the molecule is CC1(C)O[C@H]2CC(=O)OC[C@]23C2CC[C@@]4(C)[C@H](c5ccoc5CCCCCCCO)OC(=O)[C@H]5O[C@@]54[C@]2(C2CCCCC2)[C@H](O)C(=O)[C@H]13. The predicted octanol–water partition coefficient (Wildman–Crippen LogP) is 5.15. The van der Waals surface area contributed by atoms with E-state index in [1.807, 2.05) is 19.9 Å². The van der Waals surface area contributed by atoms with E-state index in [4.69, 9.17) is 28.5 Å². The Bertz CT molecular complexity index is 1460. The molecule has 10 nitrogen and oxygen atoms in total. The minimum absolute atomic E-state index is 0.0635. The number of carbonyl (C=O) groups excluding carboxylic acids is 3. The maximum absolute atomic E-state index is 15.0. The van der Waals surface area contributed by atoms with Crippen molar-refractivity contribution in [1.82, 2.24) is 0 Å². The zero-order valence-electron chi connectivity index (χ0n) is 28.7. The fraction of sp³-hybridized carbons (Fsp3) is 0.816. The summed E-state index contributed by atoms with van der Waals surface area (Å²) in [4.78, 5) is 41.8. The second-order valence-electron chi connectivity index (χ2n) is 16.8. The molecule has 4 aliphatic heterocycles. The van der Waals surface area contributed by atoms with Gasteiger partial charge in [0.25, 0.3) is 0 Å². The highest BCUT2D eigenvalue weighted by atomic mass is 16.7. The van der Waals surface area contributed by atoms with Gasteiger partial charge in [-0.3, -0.25) is 9.59 Å². The molecule has 1 unspecified atom stereocenters. The number of aliphatic hydroxyl groups excluding tert-OH is 2. The summed E-state index contributed by atoms with van der Waals surface area (Å²) in [5.74, 6) is -1.23. The Morgan fingerprint density at radius 2 is 1.67 bits per heavy atom. The van der Waals surface area contributed by atoms with Crippen LogP contribution in [-0.2, 0) is 39.8 Å². The lowest BCUT2D eigenvalue weighted by Gasteiger charge is -2.70. The van der Waals surface area contributed by atoms with Gasteiger partial charge in [-0.25, -0.2) is 4.79 Å². The Morgan fingerprint density at radius 3 is 2.44 bits per heavy atom. The van der Waals surface area contributed by atoms with E-state index in [0.29, 0.717) is 19.3 Å². The first kappa shape index (κ1) is 32.9. The Hall–Kier alpha value is -2.27. The first-order valence-corrected chi connectivity index (χ1v) is 18.6. The number of cyclic esters (lactones) is 2. The van der Waals surface area contributed by atoms with Gasteiger partial charge in [-0.05, 0) is 70.3 Å². The molecule has 5 heterocycles. The van der Waals surface area contributed by atoms with Crippen LogP contribution >= 0.6 is 0 Å². The van der Waals surface area contributed by atoms with E-state index in [-0.39, 0.29) is 43.2 Å². The third-order valence-corrected chi connectivity index (χ3v) is 14.3. The van der Waals surface area contributed by atoms with E-state index in [2.05, 4.69) is 6.92 Å². The number of aryl methyl sites for hydroxylation is 1. The number of aliphatic hydroxyl groups is 2. The summed E-state index contributed by atoms with van der Waals surface area (Å²) in [6, 6.07) is 1.92. The van der Waals surface area contributed by atoms with Crippen LogP contribution in [0.1, 0.15) is 122 Å². The number of epoxide rings is 1. The van der Waals surface area contributed by atoms with Gasteiger partial charge >= 0.3 is 11.9 Å². The Morgan fingerprint density at radius 1 is 0.917 bits per heavy atom. The average molecular weight is 669 g/mol. The van der Waals surface area contributed by atoms with Gasteiger partial charge in [-0.1, -0.05) is 45.4 Å². The summed E-state index contributed by atoms with van der Waals surface area (Å²) in [7, 11) is 0. The van der Waals surface area contributed by atoms with Crippen LogP contribution in [0.15, 0.2) is 16.7 Å². The van der Waals surface area contributed by atoms with E-state index in [1.165, 1.54) is 0 Å². The van der Waals surface area contributed by atoms with Crippen molar-refractivity contribution in [2.24, 2.45) is 34.0 Å². The number of ketones is 1. The smallest absolute Gasteiger partial charge is 0.339 e. The lowest BCUT2D eigenvalue weighted by atomic mass is 9.33. The summed E-state index contributed by atoms with van der Waals surface area (Å²) in [5.41, 5.74) is -3.86. The number of furan rings is 1. The van der Waals surface area contributed by atoms with Crippen LogP contribution in [0.5, 0.6) is 0 Å². The number of unbranched alkanes of at least 4 members (excludes halogenated alkanes) is 4. The lowest BCUT2D eigenvalue weighted by Crippen LogP contribution is -2.79. The molecule has 2 spiro atoms. The van der Waals surface area contributed by atoms with Crippen molar-refractivity contribution in [1.29, 1.82) is 0 Å². The fourth-order valence-electron chi connectivity index (χ4n) is 12.7. The monoisotopic (exact) mass is 668 g/mol. The number of ether oxygens (including phenoxy) is 4. The molecule has 2 N–H and O–H groups in total. The third kappa shape index (κ3) is 4.09. The van der Waals surface area contributed by atoms with Crippen molar-refractivity contribution in [3.8, 4) is 0 Å². The van der Waals surface area contributed by atoms with Gasteiger partial charge in [-0.2, -0.15) is 0 Å². The van der Waals surface area contributed by atoms with Crippen LogP contribution in [0.3, 0.4) is 0 Å². The molecule has 1 aromatic rings. The molecule has 10 heteroatoms. The number of carbonyl (C=O) groups is 3. The van der Waals surface area contributed by atoms with Crippen molar-refractivity contribution in [3.63, 3.8) is 0 Å². The van der Waals surface area contributed by atoms with Gasteiger partial charge in [0.15, 0.2) is 11.9 Å². The second-order valence-corrected chi connectivity index (χ2v) is 16.8. The van der Waals surface area contributed by atoms with Crippen molar-refractivity contribution in [2.75, 3.05) is 13.2 Å². The molecule has 3 aliphatic carbocycles. The minimum Gasteiger partial charge on any atom is -0.469 e. The first-order chi connectivity index (χ1) is 23.0. The number of rotatable bonds is 9. The molecule has 0 radical (unpaired) electrons. The topological polar surface area (TPSA) is 145 Å². The normalized spacial score (nSPS) is 44.5. The van der Waals surface area contributed by atoms with E-state index in [9.17, 15) is 19.5 Å². The lowest BCUT2D eigenvalue weighted by molar-refractivity contribution is -0.275. The van der Waals surface area contributed by atoms with Gasteiger partial charge in [0, 0.05) is 34.8 Å². The zero-order valence-corrected chi connectivity index (χ0v) is 28.7. The van der Waals surface area contributed by atoms with Crippen LogP contribution in [0.25, 0.3) is 0 Å². The molecule has 8 rings (SSSR count). The van der Waals surface area contributed by atoms with Crippen molar-refractivity contribution < 1.29 is 48.0 Å². The Labute approximate surface area is 282 Å². The molecule has 7 aliphatic rings. The van der Waals surface area contributed by atoms with Crippen LogP contribution < -0.4 is 0 Å². The molecule has 0 bridgehead atoms. The summed E-state index contributed by atoms with van der Waals surface area (Å²) < 4.78 is 31.8. The van der Waals surface area contributed by atoms with E-state index < -0.39 is 63.8 Å². The predicted molar refractivity (Wildman–Crippen MR) is 170 cm³/mol. The van der Waals surface area contributed by atoms with Crippen molar-refractivity contribution in [2.45, 2.75) is 146 Å². The highest BCUT2D eigenvalue weighted by molar-refractivity contribution is 5.92. The summed E-state index contributed by atoms with van der Waals surface area (Å²) in [5, 5.41) is 22.0. The van der Waals surface area contributed by atoms with Gasteiger partial charge in [-0.15, -0.1) is 0 Å². The summed E-state index contributed by atoms with van der Waals surface area (Å²) in [6.07, 6.45) is 9.74. The highest BCUT2D eigenvalue weighted by Gasteiger charge is 2.92. The van der Waals surface area contributed by atoms with Crippen molar-refractivity contribution in [3.05, 3.63) is 23.7 Å². The Kier molecular flexibility index (Phi) is 7.80. The molecular formula is C38H52O10. The number of hydrogen-bond acceptors (Lipinski definition) is 10. The Balaban J connectivity index is 1.25.